The standard InChI is InChI=1S/C23H24FN3O4S/c1-15-3-2-10-27(14-15)32(30,31)18-8-9-21-19(11-18)20(12-22(28)26-21)23(29)25-13-16-4-6-17(24)7-5-16/h4-9,11-12,15H,2-3,10,13-14H2,1H3,(H,25,29)(H,26,28)/t15-/m1/s1. The number of nitrogens with one attached hydrogen (secondary N) is 2. The van der Waals surface area contributed by atoms with Gasteiger partial charge < -0.3 is 10.3 Å². The molecule has 7 nitrogen and oxygen atoms in total. The number of fused-ring (bicyclic) bond motifs is 1. The maximum Gasteiger partial charge on any atom is 0.252 e. The Morgan fingerprint density at radius 2 is 1.94 bits per heavy atom. The minimum atomic E-state index is -3.72. The van der Waals surface area contributed by atoms with Gasteiger partial charge in [-0.2, -0.15) is 4.31 Å². The summed E-state index contributed by atoms with van der Waals surface area (Å²) in [6.45, 7) is 3.08. The number of halogens is 1. The fourth-order valence-corrected chi connectivity index (χ4v) is 5.60. The van der Waals surface area contributed by atoms with Crippen molar-refractivity contribution in [1.82, 2.24) is 14.6 Å². The lowest BCUT2D eigenvalue weighted by Gasteiger charge is -2.30. The summed E-state index contributed by atoms with van der Waals surface area (Å²) < 4.78 is 40.9. The number of rotatable bonds is 5. The summed E-state index contributed by atoms with van der Waals surface area (Å²) in [5.74, 6) is -0.618. The molecule has 32 heavy (non-hydrogen) atoms. The minimum absolute atomic E-state index is 0.0786. The van der Waals surface area contributed by atoms with E-state index in [1.54, 1.807) is 12.1 Å². The molecule has 2 aromatic carbocycles. The number of piperidine rings is 1. The number of aromatic nitrogens is 1. The zero-order chi connectivity index (χ0) is 22.9. The van der Waals surface area contributed by atoms with Crippen molar-refractivity contribution in [3.63, 3.8) is 0 Å². The number of pyridine rings is 1. The minimum Gasteiger partial charge on any atom is -0.348 e. The van der Waals surface area contributed by atoms with Gasteiger partial charge >= 0.3 is 0 Å². The molecule has 1 aliphatic rings. The average molecular weight is 458 g/mol. The Morgan fingerprint density at radius 1 is 1.19 bits per heavy atom. The molecule has 1 amide bonds. The highest BCUT2D eigenvalue weighted by Gasteiger charge is 2.29. The van der Waals surface area contributed by atoms with Gasteiger partial charge in [0.25, 0.3) is 5.91 Å². The molecule has 9 heteroatoms. The topological polar surface area (TPSA) is 99.3 Å². The summed E-state index contributed by atoms with van der Waals surface area (Å²) in [4.78, 5) is 27.7. The van der Waals surface area contributed by atoms with E-state index < -0.39 is 21.5 Å². The predicted octanol–water partition coefficient (Wildman–Crippen LogP) is 3.02. The average Bonchev–Trinajstić information content (AvgIpc) is 2.77. The Labute approximate surface area is 185 Å². The van der Waals surface area contributed by atoms with E-state index in [4.69, 9.17) is 0 Å². The van der Waals surface area contributed by atoms with Crippen molar-refractivity contribution in [3.05, 3.63) is 75.8 Å². The van der Waals surface area contributed by atoms with Gasteiger partial charge in [0.1, 0.15) is 5.82 Å². The highest BCUT2D eigenvalue weighted by Crippen LogP contribution is 2.26. The zero-order valence-corrected chi connectivity index (χ0v) is 18.4. The molecule has 1 aliphatic heterocycles. The van der Waals surface area contributed by atoms with Crippen LogP contribution < -0.4 is 10.9 Å². The maximum atomic E-state index is 13.2. The van der Waals surface area contributed by atoms with Gasteiger partial charge in [-0.1, -0.05) is 19.1 Å². The molecule has 1 aromatic heterocycles. The molecule has 168 valence electrons. The summed E-state index contributed by atoms with van der Waals surface area (Å²) in [5.41, 5.74) is 0.673. The molecule has 0 spiro atoms. The third kappa shape index (κ3) is 4.58. The summed E-state index contributed by atoms with van der Waals surface area (Å²) in [5, 5.41) is 3.05. The van der Waals surface area contributed by atoms with E-state index >= 15 is 0 Å². The van der Waals surface area contributed by atoms with E-state index in [-0.39, 0.29) is 28.7 Å². The second kappa shape index (κ2) is 8.84. The monoisotopic (exact) mass is 457 g/mol. The molecule has 0 unspecified atom stereocenters. The first-order chi connectivity index (χ1) is 15.2. The number of amides is 1. The van der Waals surface area contributed by atoms with Crippen LogP contribution in [0.4, 0.5) is 4.39 Å². The van der Waals surface area contributed by atoms with Crippen molar-refractivity contribution in [1.29, 1.82) is 0 Å². The van der Waals surface area contributed by atoms with E-state index in [2.05, 4.69) is 10.3 Å². The lowest BCUT2D eigenvalue weighted by atomic mass is 10.0. The molecule has 3 aromatic rings. The van der Waals surface area contributed by atoms with Crippen LogP contribution in [-0.4, -0.2) is 36.7 Å². The quantitative estimate of drug-likeness (QED) is 0.615. The van der Waals surface area contributed by atoms with Gasteiger partial charge in [-0.25, -0.2) is 12.8 Å². The number of carbonyl (C=O) groups is 1. The molecule has 0 saturated carbocycles. The van der Waals surface area contributed by atoms with Crippen LogP contribution in [0, 0.1) is 11.7 Å². The number of aromatic amines is 1. The van der Waals surface area contributed by atoms with Gasteiger partial charge in [-0.15, -0.1) is 0 Å². The SMILES string of the molecule is C[C@@H]1CCCN(S(=O)(=O)c2ccc3[nH]c(=O)cc(C(=O)NCc4ccc(F)cc4)c3c2)C1. The van der Waals surface area contributed by atoms with Crippen molar-refractivity contribution in [2.45, 2.75) is 31.2 Å². The van der Waals surface area contributed by atoms with Gasteiger partial charge in [-0.3, -0.25) is 9.59 Å². The van der Waals surface area contributed by atoms with Gasteiger partial charge in [0.2, 0.25) is 15.6 Å². The van der Waals surface area contributed by atoms with E-state index in [1.807, 2.05) is 6.92 Å². The van der Waals surface area contributed by atoms with Gasteiger partial charge in [0.15, 0.2) is 0 Å². The number of carbonyl (C=O) groups excluding carboxylic acids is 1. The van der Waals surface area contributed by atoms with Gasteiger partial charge in [-0.05, 0) is 54.7 Å². The van der Waals surface area contributed by atoms with Crippen molar-refractivity contribution in [2.75, 3.05) is 13.1 Å². The lowest BCUT2D eigenvalue weighted by molar-refractivity contribution is 0.0952. The summed E-state index contributed by atoms with van der Waals surface area (Å²) in [7, 11) is -3.72. The fourth-order valence-electron chi connectivity index (χ4n) is 3.97. The van der Waals surface area contributed by atoms with Crippen LogP contribution >= 0.6 is 0 Å². The van der Waals surface area contributed by atoms with E-state index in [9.17, 15) is 22.4 Å². The molecule has 4 rings (SSSR count). The fraction of sp³-hybridized carbons (Fsp3) is 0.304. The largest absolute Gasteiger partial charge is 0.348 e. The molecule has 1 saturated heterocycles. The Morgan fingerprint density at radius 3 is 2.66 bits per heavy atom. The molecular formula is C23H24FN3O4S. The lowest BCUT2D eigenvalue weighted by Crippen LogP contribution is -2.39. The third-order valence-electron chi connectivity index (χ3n) is 5.68. The Hall–Kier alpha value is -3.04. The van der Waals surface area contributed by atoms with Crippen LogP contribution in [-0.2, 0) is 16.6 Å². The smallest absolute Gasteiger partial charge is 0.252 e. The molecule has 1 atom stereocenters. The van der Waals surface area contributed by atoms with Crippen molar-refractivity contribution in [3.8, 4) is 0 Å². The molecule has 2 heterocycles. The molecule has 0 radical (unpaired) electrons. The van der Waals surface area contributed by atoms with Crippen molar-refractivity contribution in [2.24, 2.45) is 5.92 Å². The van der Waals surface area contributed by atoms with E-state index in [0.29, 0.717) is 29.6 Å². The van der Waals surface area contributed by atoms with Crippen LogP contribution in [0.3, 0.4) is 0 Å². The number of H-pyrrole nitrogens is 1. The van der Waals surface area contributed by atoms with E-state index in [1.165, 1.54) is 34.6 Å². The number of sulfonamides is 1. The number of hydrogen-bond donors (Lipinski definition) is 2. The molecule has 0 bridgehead atoms. The van der Waals surface area contributed by atoms with Crippen LogP contribution in [0.1, 0.15) is 35.7 Å². The highest BCUT2D eigenvalue weighted by atomic mass is 32.2. The normalized spacial score (nSPS) is 17.4. The second-order valence-corrected chi connectivity index (χ2v) is 10.1. The molecular weight excluding hydrogens is 433 g/mol. The van der Waals surface area contributed by atoms with Gasteiger partial charge in [0.05, 0.1) is 10.5 Å². The number of hydrogen-bond acceptors (Lipinski definition) is 4. The second-order valence-electron chi connectivity index (χ2n) is 8.17. The maximum absolute atomic E-state index is 13.2. The number of nitrogens with zero attached hydrogens (tertiary/aromatic N) is 1. The molecule has 2 N–H and O–H groups in total. The first-order valence-electron chi connectivity index (χ1n) is 10.4. The zero-order valence-electron chi connectivity index (χ0n) is 17.6. The van der Waals surface area contributed by atoms with Crippen LogP contribution in [0.5, 0.6) is 0 Å². The first kappa shape index (κ1) is 22.2. The Bertz CT molecular complexity index is 1320. The first-order valence-corrected chi connectivity index (χ1v) is 11.9. The van der Waals surface area contributed by atoms with Crippen LogP contribution in [0.15, 0.2) is 58.2 Å². The van der Waals surface area contributed by atoms with Crippen LogP contribution in [0.2, 0.25) is 0 Å². The molecule has 1 fully saturated rings. The third-order valence-corrected chi connectivity index (χ3v) is 7.54. The Balaban J connectivity index is 1.67. The van der Waals surface area contributed by atoms with Crippen molar-refractivity contribution >= 4 is 26.8 Å². The number of benzene rings is 2. The predicted molar refractivity (Wildman–Crippen MR) is 119 cm³/mol. The Kier molecular flexibility index (Phi) is 6.12. The summed E-state index contributed by atoms with van der Waals surface area (Å²) in [6, 6.07) is 11.2. The summed E-state index contributed by atoms with van der Waals surface area (Å²) in [6.07, 6.45) is 1.79. The van der Waals surface area contributed by atoms with E-state index in [0.717, 1.165) is 18.9 Å². The molecule has 0 aliphatic carbocycles. The van der Waals surface area contributed by atoms with Crippen molar-refractivity contribution < 1.29 is 17.6 Å². The highest BCUT2D eigenvalue weighted by molar-refractivity contribution is 7.89. The summed E-state index contributed by atoms with van der Waals surface area (Å²) >= 11 is 0. The van der Waals surface area contributed by atoms with Gasteiger partial charge in [0, 0.05) is 36.6 Å². The van der Waals surface area contributed by atoms with Crippen LogP contribution in [0.25, 0.3) is 10.9 Å².